The molecule has 4 heteroatoms. The minimum Gasteiger partial charge on any atom is -0.489 e. The number of benzene rings is 1. The number of rotatable bonds is 3. The molecule has 2 N–H and O–H groups in total. The molecule has 0 heterocycles. The van der Waals surface area contributed by atoms with E-state index in [2.05, 4.69) is 0 Å². The SMILES string of the molecule is CCOc1c(F)cc([C@@H](N)C(C)(C)C)cc1Cl. The molecule has 0 aliphatic carbocycles. The number of hydrogen-bond donors (Lipinski definition) is 1. The minimum atomic E-state index is -0.464. The second-order valence-electron chi connectivity index (χ2n) is 5.09. The molecule has 0 aliphatic heterocycles. The van der Waals surface area contributed by atoms with Gasteiger partial charge in [-0.15, -0.1) is 0 Å². The zero-order valence-electron chi connectivity index (χ0n) is 10.7. The van der Waals surface area contributed by atoms with Crippen LogP contribution < -0.4 is 10.5 Å². The summed E-state index contributed by atoms with van der Waals surface area (Å²) in [5.41, 5.74) is 6.60. The highest BCUT2D eigenvalue weighted by Gasteiger charge is 2.24. The molecule has 0 spiro atoms. The molecule has 1 rings (SSSR count). The monoisotopic (exact) mass is 259 g/mol. The number of hydrogen-bond acceptors (Lipinski definition) is 2. The Bertz CT molecular complexity index is 378. The van der Waals surface area contributed by atoms with Gasteiger partial charge in [0.1, 0.15) is 0 Å². The molecule has 0 saturated heterocycles. The van der Waals surface area contributed by atoms with Crippen molar-refractivity contribution in [2.24, 2.45) is 11.1 Å². The molecule has 0 unspecified atom stereocenters. The summed E-state index contributed by atoms with van der Waals surface area (Å²) in [7, 11) is 0. The molecule has 0 fully saturated rings. The summed E-state index contributed by atoms with van der Waals surface area (Å²) >= 11 is 5.99. The van der Waals surface area contributed by atoms with E-state index in [0.717, 1.165) is 0 Å². The van der Waals surface area contributed by atoms with Crippen LogP contribution in [-0.2, 0) is 0 Å². The maximum Gasteiger partial charge on any atom is 0.173 e. The molecular formula is C13H19ClFNO. The lowest BCUT2D eigenvalue weighted by Gasteiger charge is -2.27. The van der Waals surface area contributed by atoms with Crippen LogP contribution in [0.2, 0.25) is 5.02 Å². The third-order valence-electron chi connectivity index (χ3n) is 2.60. The molecule has 0 bridgehead atoms. The van der Waals surface area contributed by atoms with Crippen molar-refractivity contribution in [2.45, 2.75) is 33.7 Å². The maximum atomic E-state index is 13.8. The molecule has 1 atom stereocenters. The standard InChI is InChI=1S/C13H19ClFNO/c1-5-17-11-9(14)6-8(7-10(11)15)12(16)13(2,3)4/h6-7,12H,5,16H2,1-4H3/t12-/m1/s1. The second kappa shape index (κ2) is 5.23. The van der Waals surface area contributed by atoms with Crippen LogP contribution in [0, 0.1) is 11.2 Å². The van der Waals surface area contributed by atoms with Gasteiger partial charge in [0.2, 0.25) is 0 Å². The Morgan fingerprint density at radius 1 is 1.41 bits per heavy atom. The van der Waals surface area contributed by atoms with Gasteiger partial charge in [-0.25, -0.2) is 4.39 Å². The van der Waals surface area contributed by atoms with Gasteiger partial charge in [0.15, 0.2) is 11.6 Å². The Labute approximate surface area is 107 Å². The highest BCUT2D eigenvalue weighted by Crippen LogP contribution is 2.36. The van der Waals surface area contributed by atoms with E-state index in [9.17, 15) is 4.39 Å². The van der Waals surface area contributed by atoms with Gasteiger partial charge in [-0.1, -0.05) is 32.4 Å². The first kappa shape index (κ1) is 14.3. The van der Waals surface area contributed by atoms with Crippen LogP contribution in [0.25, 0.3) is 0 Å². The highest BCUT2D eigenvalue weighted by atomic mass is 35.5. The lowest BCUT2D eigenvalue weighted by molar-refractivity contribution is 0.314. The lowest BCUT2D eigenvalue weighted by atomic mass is 9.83. The average Bonchev–Trinajstić information content (AvgIpc) is 2.20. The summed E-state index contributed by atoms with van der Waals surface area (Å²) in [6.45, 7) is 8.16. The van der Waals surface area contributed by atoms with Gasteiger partial charge < -0.3 is 10.5 Å². The smallest absolute Gasteiger partial charge is 0.173 e. The summed E-state index contributed by atoms with van der Waals surface area (Å²) in [4.78, 5) is 0. The number of halogens is 2. The predicted molar refractivity (Wildman–Crippen MR) is 69.0 cm³/mol. The van der Waals surface area contributed by atoms with Gasteiger partial charge in [-0.2, -0.15) is 0 Å². The van der Waals surface area contributed by atoms with Gasteiger partial charge in [0.25, 0.3) is 0 Å². The van der Waals surface area contributed by atoms with E-state index in [0.29, 0.717) is 12.2 Å². The Balaban J connectivity index is 3.14. The molecule has 1 aromatic rings. The van der Waals surface area contributed by atoms with E-state index in [1.54, 1.807) is 13.0 Å². The third kappa shape index (κ3) is 3.33. The normalized spacial score (nSPS) is 13.6. The molecule has 1 aromatic carbocycles. The summed E-state index contributed by atoms with van der Waals surface area (Å²) in [5.74, 6) is -0.368. The fourth-order valence-corrected chi connectivity index (χ4v) is 1.81. The Morgan fingerprint density at radius 2 is 2.00 bits per heavy atom. The predicted octanol–water partition coefficient (Wildman–Crippen LogP) is 3.92. The fourth-order valence-electron chi connectivity index (χ4n) is 1.54. The minimum absolute atomic E-state index is 0.0963. The fraction of sp³-hybridized carbons (Fsp3) is 0.538. The van der Waals surface area contributed by atoms with Crippen LogP contribution in [0.3, 0.4) is 0 Å². The second-order valence-corrected chi connectivity index (χ2v) is 5.50. The largest absolute Gasteiger partial charge is 0.489 e. The first-order chi connectivity index (χ1) is 7.77. The quantitative estimate of drug-likeness (QED) is 0.893. The van der Waals surface area contributed by atoms with E-state index < -0.39 is 5.82 Å². The van der Waals surface area contributed by atoms with Crippen molar-refractivity contribution in [2.75, 3.05) is 6.61 Å². The zero-order valence-corrected chi connectivity index (χ0v) is 11.4. The van der Waals surface area contributed by atoms with Crippen LogP contribution in [0.15, 0.2) is 12.1 Å². The van der Waals surface area contributed by atoms with E-state index in [-0.39, 0.29) is 22.2 Å². The van der Waals surface area contributed by atoms with Crippen LogP contribution >= 0.6 is 11.6 Å². The summed E-state index contributed by atoms with van der Waals surface area (Å²) < 4.78 is 18.9. The molecule has 0 radical (unpaired) electrons. The first-order valence-electron chi connectivity index (χ1n) is 5.64. The third-order valence-corrected chi connectivity index (χ3v) is 2.88. The van der Waals surface area contributed by atoms with Crippen LogP contribution in [0.1, 0.15) is 39.3 Å². The van der Waals surface area contributed by atoms with E-state index >= 15 is 0 Å². The highest BCUT2D eigenvalue weighted by molar-refractivity contribution is 6.32. The summed E-state index contributed by atoms with van der Waals surface area (Å²) in [6.07, 6.45) is 0. The van der Waals surface area contributed by atoms with Crippen molar-refractivity contribution in [1.82, 2.24) is 0 Å². The van der Waals surface area contributed by atoms with Crippen molar-refractivity contribution in [3.8, 4) is 5.75 Å². The van der Waals surface area contributed by atoms with Gasteiger partial charge in [0.05, 0.1) is 11.6 Å². The van der Waals surface area contributed by atoms with Gasteiger partial charge in [0, 0.05) is 6.04 Å². The van der Waals surface area contributed by atoms with Crippen molar-refractivity contribution in [1.29, 1.82) is 0 Å². The Kier molecular flexibility index (Phi) is 4.39. The van der Waals surface area contributed by atoms with Crippen LogP contribution in [-0.4, -0.2) is 6.61 Å². The van der Waals surface area contributed by atoms with Crippen LogP contribution in [0.4, 0.5) is 4.39 Å². The summed E-state index contributed by atoms with van der Waals surface area (Å²) in [6, 6.07) is 2.79. The van der Waals surface area contributed by atoms with Crippen LogP contribution in [0.5, 0.6) is 5.75 Å². The average molecular weight is 260 g/mol. The molecular weight excluding hydrogens is 241 g/mol. The number of ether oxygens (including phenoxy) is 1. The molecule has 0 aromatic heterocycles. The molecule has 0 saturated carbocycles. The van der Waals surface area contributed by atoms with Crippen molar-refractivity contribution < 1.29 is 9.13 Å². The molecule has 0 aliphatic rings. The maximum absolute atomic E-state index is 13.8. The van der Waals surface area contributed by atoms with Gasteiger partial charge >= 0.3 is 0 Å². The lowest BCUT2D eigenvalue weighted by Crippen LogP contribution is -2.26. The van der Waals surface area contributed by atoms with Crippen molar-refractivity contribution in [3.05, 3.63) is 28.5 Å². The molecule has 96 valence electrons. The number of nitrogens with two attached hydrogens (primary N) is 1. The van der Waals surface area contributed by atoms with Crippen molar-refractivity contribution in [3.63, 3.8) is 0 Å². The molecule has 0 amide bonds. The van der Waals surface area contributed by atoms with Crippen molar-refractivity contribution >= 4 is 11.6 Å². The molecule has 2 nitrogen and oxygen atoms in total. The zero-order chi connectivity index (χ0) is 13.2. The first-order valence-corrected chi connectivity index (χ1v) is 6.02. The van der Waals surface area contributed by atoms with Gasteiger partial charge in [-0.05, 0) is 30.0 Å². The Hall–Kier alpha value is -0.800. The summed E-state index contributed by atoms with van der Waals surface area (Å²) in [5, 5.41) is 0.265. The van der Waals surface area contributed by atoms with E-state index in [4.69, 9.17) is 22.1 Å². The molecule has 17 heavy (non-hydrogen) atoms. The Morgan fingerprint density at radius 3 is 2.41 bits per heavy atom. The van der Waals surface area contributed by atoms with E-state index in [1.807, 2.05) is 20.8 Å². The van der Waals surface area contributed by atoms with Gasteiger partial charge in [-0.3, -0.25) is 0 Å². The van der Waals surface area contributed by atoms with E-state index in [1.165, 1.54) is 6.07 Å². The topological polar surface area (TPSA) is 35.2 Å².